The lowest BCUT2D eigenvalue weighted by Crippen LogP contribution is -2.18. The Hall–Kier alpha value is -3.35. The summed E-state index contributed by atoms with van der Waals surface area (Å²) in [7, 11) is 1.34. The second-order valence-corrected chi connectivity index (χ2v) is 5.11. The molecule has 2 aromatic carbocycles. The number of hydrogen-bond acceptors (Lipinski definition) is 6. The van der Waals surface area contributed by atoms with Gasteiger partial charge in [-0.2, -0.15) is 5.10 Å². The minimum absolute atomic E-state index is 0.274. The van der Waals surface area contributed by atoms with Crippen LogP contribution < -0.4 is 10.2 Å². The van der Waals surface area contributed by atoms with E-state index in [4.69, 9.17) is 9.47 Å². The fraction of sp³-hybridized carbons (Fsp3) is 0.211. The number of amides is 1. The number of rotatable bonds is 7. The number of hydrazone groups is 1. The Kier molecular flexibility index (Phi) is 7.17. The number of ether oxygens (including phenoxy) is 3. The molecule has 0 aliphatic heterocycles. The van der Waals surface area contributed by atoms with Crippen LogP contribution in [0.15, 0.2) is 53.6 Å². The number of nitrogens with one attached hydrogen (secondary N) is 1. The third-order valence-corrected chi connectivity index (χ3v) is 3.32. The predicted molar refractivity (Wildman–Crippen MR) is 96.3 cm³/mol. The number of methoxy groups -OCH3 is 1. The van der Waals surface area contributed by atoms with Gasteiger partial charge in [0.15, 0.2) is 0 Å². The molecule has 26 heavy (non-hydrogen) atoms. The molecule has 0 aliphatic carbocycles. The van der Waals surface area contributed by atoms with Crippen molar-refractivity contribution in [2.45, 2.75) is 13.5 Å². The molecule has 0 fully saturated rings. The molecule has 0 unspecified atom stereocenters. The first-order chi connectivity index (χ1) is 12.6. The minimum Gasteiger partial charge on any atom is -0.488 e. The van der Waals surface area contributed by atoms with E-state index < -0.39 is 6.09 Å². The van der Waals surface area contributed by atoms with E-state index in [0.29, 0.717) is 23.5 Å². The highest BCUT2D eigenvalue weighted by molar-refractivity contribution is 5.89. The number of nitrogens with zero attached hydrogens (tertiary/aromatic N) is 1. The van der Waals surface area contributed by atoms with E-state index in [1.54, 1.807) is 37.3 Å². The molecule has 0 bridgehead atoms. The summed E-state index contributed by atoms with van der Waals surface area (Å²) >= 11 is 0. The average molecular weight is 356 g/mol. The van der Waals surface area contributed by atoms with Gasteiger partial charge in [0.2, 0.25) is 0 Å². The fourth-order valence-electron chi connectivity index (χ4n) is 2.05. The lowest BCUT2D eigenvalue weighted by atomic mass is 10.1. The number of esters is 1. The lowest BCUT2D eigenvalue weighted by Gasteiger charge is -2.09. The van der Waals surface area contributed by atoms with E-state index in [0.717, 1.165) is 5.56 Å². The summed E-state index contributed by atoms with van der Waals surface area (Å²) in [4.78, 5) is 22.6. The van der Waals surface area contributed by atoms with Crippen molar-refractivity contribution in [1.29, 1.82) is 0 Å². The van der Waals surface area contributed by atoms with Gasteiger partial charge in [0.25, 0.3) is 0 Å². The van der Waals surface area contributed by atoms with Crippen LogP contribution in [0.3, 0.4) is 0 Å². The summed E-state index contributed by atoms with van der Waals surface area (Å²) in [5.41, 5.74) is 4.35. The fourth-order valence-corrected chi connectivity index (χ4v) is 2.05. The normalized spacial score (nSPS) is 10.4. The van der Waals surface area contributed by atoms with Gasteiger partial charge in [0.1, 0.15) is 12.4 Å². The van der Waals surface area contributed by atoms with Crippen LogP contribution in [0.4, 0.5) is 4.79 Å². The Morgan fingerprint density at radius 3 is 2.54 bits per heavy atom. The Balaban J connectivity index is 1.98. The van der Waals surface area contributed by atoms with E-state index >= 15 is 0 Å². The van der Waals surface area contributed by atoms with Crippen molar-refractivity contribution in [3.63, 3.8) is 0 Å². The molecule has 0 radical (unpaired) electrons. The maximum absolute atomic E-state index is 11.4. The van der Waals surface area contributed by atoms with Crippen LogP contribution in [0.1, 0.15) is 28.4 Å². The summed E-state index contributed by atoms with van der Waals surface area (Å²) in [6.45, 7) is 2.30. The van der Waals surface area contributed by atoms with Crippen molar-refractivity contribution in [2.75, 3.05) is 13.7 Å². The topological polar surface area (TPSA) is 86.2 Å². The number of benzene rings is 2. The summed E-state index contributed by atoms with van der Waals surface area (Å²) in [5.74, 6) is 0.229. The predicted octanol–water partition coefficient (Wildman–Crippen LogP) is 3.13. The maximum Gasteiger partial charge on any atom is 0.427 e. The molecule has 136 valence electrons. The van der Waals surface area contributed by atoms with Gasteiger partial charge in [-0.05, 0) is 36.8 Å². The molecule has 2 aromatic rings. The zero-order valence-corrected chi connectivity index (χ0v) is 14.6. The highest BCUT2D eigenvalue weighted by atomic mass is 16.5. The summed E-state index contributed by atoms with van der Waals surface area (Å²) in [5, 5.41) is 3.84. The number of para-hydroxylation sites is 1. The van der Waals surface area contributed by atoms with E-state index in [9.17, 15) is 9.59 Å². The van der Waals surface area contributed by atoms with E-state index in [1.807, 2.05) is 18.2 Å². The van der Waals surface area contributed by atoms with Crippen molar-refractivity contribution in [2.24, 2.45) is 5.10 Å². The summed E-state index contributed by atoms with van der Waals surface area (Å²) < 4.78 is 15.2. The zero-order valence-electron chi connectivity index (χ0n) is 14.6. The first-order valence-electron chi connectivity index (χ1n) is 7.99. The maximum atomic E-state index is 11.4. The monoisotopic (exact) mass is 356 g/mol. The van der Waals surface area contributed by atoms with Gasteiger partial charge in [-0.15, -0.1) is 0 Å². The van der Waals surface area contributed by atoms with Crippen molar-refractivity contribution in [1.82, 2.24) is 5.43 Å². The van der Waals surface area contributed by atoms with E-state index in [1.165, 1.54) is 13.3 Å². The molecule has 0 spiro atoms. The van der Waals surface area contributed by atoms with Crippen LogP contribution in [-0.4, -0.2) is 32.0 Å². The smallest absolute Gasteiger partial charge is 0.427 e. The first kappa shape index (κ1) is 19.0. The second kappa shape index (κ2) is 9.83. The molecule has 0 aromatic heterocycles. The lowest BCUT2D eigenvalue weighted by molar-refractivity contribution is 0.0600. The SMILES string of the molecule is CCOC(=O)NN=Cc1ccccc1OCc1ccc(C(=O)OC)cc1. The molecule has 1 amide bonds. The summed E-state index contributed by atoms with van der Waals surface area (Å²) in [6.07, 6.45) is 0.861. The van der Waals surface area contributed by atoms with Gasteiger partial charge in [-0.1, -0.05) is 24.3 Å². The molecular weight excluding hydrogens is 336 g/mol. The zero-order chi connectivity index (χ0) is 18.8. The molecule has 0 saturated heterocycles. The molecule has 1 N–H and O–H groups in total. The van der Waals surface area contributed by atoms with Crippen LogP contribution >= 0.6 is 0 Å². The highest BCUT2D eigenvalue weighted by Crippen LogP contribution is 2.18. The first-order valence-corrected chi connectivity index (χ1v) is 7.99. The van der Waals surface area contributed by atoms with E-state index in [2.05, 4.69) is 15.3 Å². The molecule has 7 nitrogen and oxygen atoms in total. The molecular formula is C19H20N2O5. The highest BCUT2D eigenvalue weighted by Gasteiger charge is 2.06. The Morgan fingerprint density at radius 2 is 1.85 bits per heavy atom. The molecule has 0 aliphatic rings. The van der Waals surface area contributed by atoms with Gasteiger partial charge < -0.3 is 14.2 Å². The molecule has 0 saturated carbocycles. The van der Waals surface area contributed by atoms with Crippen molar-refractivity contribution in [3.8, 4) is 5.75 Å². The van der Waals surface area contributed by atoms with Crippen molar-refractivity contribution >= 4 is 18.3 Å². The molecule has 7 heteroatoms. The van der Waals surface area contributed by atoms with Gasteiger partial charge in [0, 0.05) is 5.56 Å². The molecule has 0 heterocycles. The number of carbonyl (C=O) groups excluding carboxylic acids is 2. The third-order valence-electron chi connectivity index (χ3n) is 3.32. The van der Waals surface area contributed by atoms with Gasteiger partial charge >= 0.3 is 12.1 Å². The largest absolute Gasteiger partial charge is 0.488 e. The van der Waals surface area contributed by atoms with Crippen LogP contribution in [-0.2, 0) is 16.1 Å². The van der Waals surface area contributed by atoms with E-state index in [-0.39, 0.29) is 12.6 Å². The Bertz CT molecular complexity index is 772. The van der Waals surface area contributed by atoms with Crippen LogP contribution in [0.2, 0.25) is 0 Å². The quantitative estimate of drug-likeness (QED) is 0.468. The number of hydrogen-bond donors (Lipinski definition) is 1. The average Bonchev–Trinajstić information content (AvgIpc) is 2.67. The van der Waals surface area contributed by atoms with Crippen LogP contribution in [0.25, 0.3) is 0 Å². The summed E-state index contributed by atoms with van der Waals surface area (Å²) in [6, 6.07) is 14.2. The second-order valence-electron chi connectivity index (χ2n) is 5.11. The van der Waals surface area contributed by atoms with Crippen LogP contribution in [0.5, 0.6) is 5.75 Å². The van der Waals surface area contributed by atoms with Gasteiger partial charge in [-0.25, -0.2) is 15.0 Å². The number of carbonyl (C=O) groups is 2. The standard InChI is InChI=1S/C19H20N2O5/c1-3-25-19(23)21-20-12-16-6-4-5-7-17(16)26-13-14-8-10-15(11-9-14)18(22)24-2/h4-12H,3,13H2,1-2H3,(H,21,23). The molecule has 2 rings (SSSR count). The Morgan fingerprint density at radius 1 is 1.12 bits per heavy atom. The third kappa shape index (κ3) is 5.62. The van der Waals surface area contributed by atoms with Crippen molar-refractivity contribution < 1.29 is 23.8 Å². The van der Waals surface area contributed by atoms with Crippen LogP contribution in [0, 0.1) is 0 Å². The Labute approximate surface area is 151 Å². The minimum atomic E-state index is -0.618. The van der Waals surface area contributed by atoms with Gasteiger partial charge in [0.05, 0.1) is 25.5 Å². The molecule has 0 atom stereocenters. The van der Waals surface area contributed by atoms with Crippen molar-refractivity contribution in [3.05, 3.63) is 65.2 Å². The van der Waals surface area contributed by atoms with Gasteiger partial charge in [-0.3, -0.25) is 0 Å².